The zero-order valence-electron chi connectivity index (χ0n) is 14.1. The zero-order chi connectivity index (χ0) is 15.2. The van der Waals surface area contributed by atoms with Crippen molar-refractivity contribution < 1.29 is 4.74 Å². The van der Waals surface area contributed by atoms with Gasteiger partial charge in [-0.15, -0.1) is 0 Å². The van der Waals surface area contributed by atoms with Gasteiger partial charge in [-0.05, 0) is 56.2 Å². The Labute approximate surface area is 130 Å². The summed E-state index contributed by atoms with van der Waals surface area (Å²) in [5, 5.41) is 3.69. The first-order valence-electron chi connectivity index (χ1n) is 8.64. The lowest BCUT2D eigenvalue weighted by atomic mass is 9.93. The monoisotopic (exact) mass is 289 g/mol. The summed E-state index contributed by atoms with van der Waals surface area (Å²) >= 11 is 0. The molecule has 2 nitrogen and oxygen atoms in total. The van der Waals surface area contributed by atoms with Gasteiger partial charge in [0.15, 0.2) is 0 Å². The Balaban J connectivity index is 2.12. The normalized spacial score (nSPS) is 25.0. The molecule has 0 aliphatic carbocycles. The Morgan fingerprint density at radius 2 is 1.81 bits per heavy atom. The number of benzene rings is 1. The molecule has 1 aromatic rings. The van der Waals surface area contributed by atoms with Crippen molar-refractivity contribution in [2.75, 3.05) is 6.54 Å². The van der Waals surface area contributed by atoms with E-state index in [0.29, 0.717) is 24.2 Å². The summed E-state index contributed by atoms with van der Waals surface area (Å²) in [4.78, 5) is 0. The first-order chi connectivity index (χ1) is 10.2. The van der Waals surface area contributed by atoms with Crippen molar-refractivity contribution in [3.63, 3.8) is 0 Å². The van der Waals surface area contributed by atoms with Crippen LogP contribution in [-0.2, 0) is 4.74 Å². The third kappa shape index (κ3) is 4.31. The van der Waals surface area contributed by atoms with E-state index in [1.165, 1.54) is 24.0 Å². The Bertz CT molecular complexity index is 414. The molecule has 1 aliphatic rings. The summed E-state index contributed by atoms with van der Waals surface area (Å²) in [6.45, 7) is 9.99. The highest BCUT2D eigenvalue weighted by Crippen LogP contribution is 2.31. The van der Waals surface area contributed by atoms with E-state index in [0.717, 1.165) is 19.4 Å². The molecule has 0 saturated carbocycles. The molecule has 0 amide bonds. The summed E-state index contributed by atoms with van der Waals surface area (Å²) in [7, 11) is 0. The highest BCUT2D eigenvalue weighted by atomic mass is 16.5. The zero-order valence-corrected chi connectivity index (χ0v) is 14.1. The Morgan fingerprint density at radius 3 is 2.33 bits per heavy atom. The second kappa shape index (κ2) is 7.95. The minimum atomic E-state index is 0.320. The molecule has 0 aromatic heterocycles. The number of nitrogens with one attached hydrogen (secondary N) is 1. The van der Waals surface area contributed by atoms with Gasteiger partial charge in [-0.25, -0.2) is 0 Å². The second-order valence-electron chi connectivity index (χ2n) is 6.47. The lowest BCUT2D eigenvalue weighted by Crippen LogP contribution is -2.32. The molecule has 21 heavy (non-hydrogen) atoms. The van der Waals surface area contributed by atoms with Gasteiger partial charge in [0, 0.05) is 0 Å². The first kappa shape index (κ1) is 16.5. The summed E-state index contributed by atoms with van der Waals surface area (Å²) in [5.74, 6) is 0.642. The minimum Gasteiger partial charge on any atom is -0.373 e. The van der Waals surface area contributed by atoms with Crippen LogP contribution in [-0.4, -0.2) is 18.8 Å². The molecule has 0 radical (unpaired) electrons. The maximum absolute atomic E-state index is 6.11. The van der Waals surface area contributed by atoms with Gasteiger partial charge < -0.3 is 10.1 Å². The van der Waals surface area contributed by atoms with Crippen LogP contribution in [0.2, 0.25) is 0 Å². The van der Waals surface area contributed by atoms with Crippen molar-refractivity contribution in [2.24, 2.45) is 0 Å². The van der Waals surface area contributed by atoms with E-state index in [1.54, 1.807) is 0 Å². The molecule has 0 spiro atoms. The van der Waals surface area contributed by atoms with E-state index >= 15 is 0 Å². The SMILES string of the molecule is CCCNC(c1ccc(C(C)CC)cc1)C1CCC(C)O1. The maximum atomic E-state index is 6.11. The summed E-state index contributed by atoms with van der Waals surface area (Å²) < 4.78 is 6.11. The highest BCUT2D eigenvalue weighted by molar-refractivity contribution is 5.28. The molecule has 1 saturated heterocycles. The molecule has 1 fully saturated rings. The molecular formula is C19H31NO. The predicted molar refractivity (Wildman–Crippen MR) is 89.8 cm³/mol. The van der Waals surface area contributed by atoms with E-state index in [-0.39, 0.29) is 0 Å². The van der Waals surface area contributed by atoms with E-state index < -0.39 is 0 Å². The Hall–Kier alpha value is -0.860. The van der Waals surface area contributed by atoms with Gasteiger partial charge in [0.05, 0.1) is 18.2 Å². The van der Waals surface area contributed by atoms with Crippen LogP contribution in [0.3, 0.4) is 0 Å². The molecule has 1 heterocycles. The number of hydrogen-bond donors (Lipinski definition) is 1. The fourth-order valence-corrected chi connectivity index (χ4v) is 3.11. The van der Waals surface area contributed by atoms with Crippen LogP contribution in [0.25, 0.3) is 0 Å². The van der Waals surface area contributed by atoms with Gasteiger partial charge in [0.2, 0.25) is 0 Å². The Morgan fingerprint density at radius 1 is 1.14 bits per heavy atom. The molecule has 1 N–H and O–H groups in total. The van der Waals surface area contributed by atoms with E-state index in [2.05, 4.69) is 57.3 Å². The third-order valence-electron chi connectivity index (χ3n) is 4.73. The average molecular weight is 289 g/mol. The molecule has 1 aromatic carbocycles. The lowest BCUT2D eigenvalue weighted by molar-refractivity contribution is 0.0316. The van der Waals surface area contributed by atoms with Gasteiger partial charge in [-0.3, -0.25) is 0 Å². The van der Waals surface area contributed by atoms with E-state index in [9.17, 15) is 0 Å². The topological polar surface area (TPSA) is 21.3 Å². The van der Waals surface area contributed by atoms with Crippen molar-refractivity contribution in [1.29, 1.82) is 0 Å². The van der Waals surface area contributed by atoms with Crippen LogP contribution in [0.1, 0.15) is 76.5 Å². The van der Waals surface area contributed by atoms with Crippen molar-refractivity contribution in [1.82, 2.24) is 5.32 Å². The van der Waals surface area contributed by atoms with Crippen molar-refractivity contribution in [3.05, 3.63) is 35.4 Å². The summed E-state index contributed by atoms with van der Waals surface area (Å²) in [6.07, 6.45) is 5.42. The van der Waals surface area contributed by atoms with Crippen LogP contribution in [0.15, 0.2) is 24.3 Å². The van der Waals surface area contributed by atoms with Crippen molar-refractivity contribution in [2.45, 2.75) is 77.5 Å². The largest absolute Gasteiger partial charge is 0.373 e. The fraction of sp³-hybridized carbons (Fsp3) is 0.684. The first-order valence-corrected chi connectivity index (χ1v) is 8.64. The highest BCUT2D eigenvalue weighted by Gasteiger charge is 2.30. The van der Waals surface area contributed by atoms with Gasteiger partial charge in [-0.2, -0.15) is 0 Å². The smallest absolute Gasteiger partial charge is 0.0774 e. The van der Waals surface area contributed by atoms with Gasteiger partial charge in [0.25, 0.3) is 0 Å². The fourth-order valence-electron chi connectivity index (χ4n) is 3.11. The predicted octanol–water partition coefficient (Wildman–Crippen LogP) is 4.81. The second-order valence-corrected chi connectivity index (χ2v) is 6.47. The van der Waals surface area contributed by atoms with Crippen molar-refractivity contribution in [3.8, 4) is 0 Å². The number of hydrogen-bond acceptors (Lipinski definition) is 2. The average Bonchev–Trinajstić information content (AvgIpc) is 2.94. The standard InChI is InChI=1S/C19H31NO/c1-5-13-20-19(18-12-7-15(4)21-18)17-10-8-16(9-11-17)14(3)6-2/h8-11,14-15,18-20H,5-7,12-13H2,1-4H3. The molecule has 2 rings (SSSR count). The van der Waals surface area contributed by atoms with Crippen LogP contribution in [0.4, 0.5) is 0 Å². The molecular weight excluding hydrogens is 258 g/mol. The van der Waals surface area contributed by atoms with Gasteiger partial charge in [0.1, 0.15) is 0 Å². The van der Waals surface area contributed by atoms with E-state index in [4.69, 9.17) is 4.74 Å². The Kier molecular flexibility index (Phi) is 6.25. The molecule has 0 bridgehead atoms. The lowest BCUT2D eigenvalue weighted by Gasteiger charge is -2.26. The number of ether oxygens (including phenoxy) is 1. The van der Waals surface area contributed by atoms with Gasteiger partial charge >= 0.3 is 0 Å². The van der Waals surface area contributed by atoms with Crippen LogP contribution in [0.5, 0.6) is 0 Å². The molecule has 118 valence electrons. The maximum Gasteiger partial charge on any atom is 0.0774 e. The molecule has 4 atom stereocenters. The van der Waals surface area contributed by atoms with Crippen LogP contribution >= 0.6 is 0 Å². The van der Waals surface area contributed by atoms with Crippen LogP contribution in [0, 0.1) is 0 Å². The van der Waals surface area contributed by atoms with Gasteiger partial charge in [-0.1, -0.05) is 45.0 Å². The quantitative estimate of drug-likeness (QED) is 0.778. The molecule has 1 aliphatic heterocycles. The van der Waals surface area contributed by atoms with Crippen molar-refractivity contribution >= 4 is 0 Å². The van der Waals surface area contributed by atoms with Crippen LogP contribution < -0.4 is 5.32 Å². The third-order valence-corrected chi connectivity index (χ3v) is 4.73. The minimum absolute atomic E-state index is 0.320. The molecule has 4 unspecified atom stereocenters. The van der Waals surface area contributed by atoms with E-state index in [1.807, 2.05) is 0 Å². The summed E-state index contributed by atoms with van der Waals surface area (Å²) in [5.41, 5.74) is 2.81. The molecule has 2 heteroatoms. The number of rotatable bonds is 7. The summed E-state index contributed by atoms with van der Waals surface area (Å²) in [6, 6.07) is 9.51.